The first-order valence-corrected chi connectivity index (χ1v) is 6.88. The number of aliphatic carboxylic acids is 1. The largest absolute Gasteiger partial charge is 0.508 e. The van der Waals surface area contributed by atoms with Crippen molar-refractivity contribution in [1.82, 2.24) is 5.32 Å². The van der Waals surface area contributed by atoms with Gasteiger partial charge >= 0.3 is 5.97 Å². The van der Waals surface area contributed by atoms with Crippen LogP contribution in [0.25, 0.3) is 0 Å². The van der Waals surface area contributed by atoms with Crippen molar-refractivity contribution in [2.24, 2.45) is 11.8 Å². The van der Waals surface area contributed by atoms with Gasteiger partial charge in [-0.15, -0.1) is 0 Å². The summed E-state index contributed by atoms with van der Waals surface area (Å²) < 4.78 is 0. The van der Waals surface area contributed by atoms with Gasteiger partial charge in [0.1, 0.15) is 5.75 Å². The standard InChI is InChI=1S/C15H19NO4/c17-12-7-5-10(6-8-12)14(18)16-9-11-3-1-2-4-13(11)15(19)20/h5-8,11,13,17H,1-4,9H2,(H,16,18)(H,19,20). The van der Waals surface area contributed by atoms with E-state index in [0.29, 0.717) is 18.5 Å². The van der Waals surface area contributed by atoms with E-state index in [2.05, 4.69) is 5.32 Å². The molecule has 108 valence electrons. The average Bonchev–Trinajstić information content (AvgIpc) is 2.45. The molecule has 5 heteroatoms. The number of carbonyl (C=O) groups is 2. The van der Waals surface area contributed by atoms with Crippen LogP contribution in [0, 0.1) is 11.8 Å². The Morgan fingerprint density at radius 3 is 2.45 bits per heavy atom. The van der Waals surface area contributed by atoms with Crippen molar-refractivity contribution in [1.29, 1.82) is 0 Å². The summed E-state index contributed by atoms with van der Waals surface area (Å²) in [5.41, 5.74) is 0.463. The highest BCUT2D eigenvalue weighted by molar-refractivity contribution is 5.94. The van der Waals surface area contributed by atoms with Crippen molar-refractivity contribution in [3.05, 3.63) is 29.8 Å². The quantitative estimate of drug-likeness (QED) is 0.785. The van der Waals surface area contributed by atoms with Crippen LogP contribution >= 0.6 is 0 Å². The number of hydrogen-bond acceptors (Lipinski definition) is 3. The third kappa shape index (κ3) is 3.50. The van der Waals surface area contributed by atoms with Crippen LogP contribution < -0.4 is 5.32 Å². The fourth-order valence-electron chi connectivity index (χ4n) is 2.72. The van der Waals surface area contributed by atoms with Crippen LogP contribution in [0.15, 0.2) is 24.3 Å². The average molecular weight is 277 g/mol. The van der Waals surface area contributed by atoms with Gasteiger partial charge in [-0.1, -0.05) is 12.8 Å². The van der Waals surface area contributed by atoms with E-state index in [1.54, 1.807) is 12.1 Å². The minimum Gasteiger partial charge on any atom is -0.508 e. The van der Waals surface area contributed by atoms with E-state index >= 15 is 0 Å². The third-order valence-corrected chi connectivity index (χ3v) is 3.88. The van der Waals surface area contributed by atoms with E-state index in [-0.39, 0.29) is 23.5 Å². The van der Waals surface area contributed by atoms with Crippen LogP contribution in [0.2, 0.25) is 0 Å². The Hall–Kier alpha value is -2.04. The topological polar surface area (TPSA) is 86.6 Å². The van der Waals surface area contributed by atoms with Gasteiger partial charge in [-0.3, -0.25) is 9.59 Å². The van der Waals surface area contributed by atoms with Gasteiger partial charge in [-0.25, -0.2) is 0 Å². The molecule has 1 aromatic carbocycles. The smallest absolute Gasteiger partial charge is 0.306 e. The molecule has 2 rings (SSSR count). The minimum absolute atomic E-state index is 0.00214. The number of rotatable bonds is 4. The maximum atomic E-state index is 11.9. The van der Waals surface area contributed by atoms with Crippen molar-refractivity contribution in [3.8, 4) is 5.75 Å². The van der Waals surface area contributed by atoms with E-state index in [9.17, 15) is 19.8 Å². The summed E-state index contributed by atoms with van der Waals surface area (Å²) >= 11 is 0. The van der Waals surface area contributed by atoms with Gasteiger partial charge in [0, 0.05) is 12.1 Å². The number of phenolic OH excluding ortho intramolecular Hbond substituents is 1. The zero-order chi connectivity index (χ0) is 14.5. The third-order valence-electron chi connectivity index (χ3n) is 3.88. The number of benzene rings is 1. The molecule has 0 heterocycles. The SMILES string of the molecule is O=C(NCC1CCCCC1C(=O)O)c1ccc(O)cc1. The Bertz CT molecular complexity index is 483. The Labute approximate surface area is 117 Å². The van der Waals surface area contributed by atoms with Crippen molar-refractivity contribution in [2.45, 2.75) is 25.7 Å². The molecule has 1 aliphatic carbocycles. The Balaban J connectivity index is 1.91. The molecule has 0 aromatic heterocycles. The molecule has 0 aliphatic heterocycles. The summed E-state index contributed by atoms with van der Waals surface area (Å²) in [6.45, 7) is 0.386. The van der Waals surface area contributed by atoms with E-state index in [4.69, 9.17) is 0 Å². The van der Waals surface area contributed by atoms with Crippen molar-refractivity contribution in [2.75, 3.05) is 6.54 Å². The fraction of sp³-hybridized carbons (Fsp3) is 0.467. The van der Waals surface area contributed by atoms with Crippen LogP contribution in [-0.2, 0) is 4.79 Å². The zero-order valence-electron chi connectivity index (χ0n) is 11.2. The number of carbonyl (C=O) groups excluding carboxylic acids is 1. The molecule has 1 amide bonds. The predicted molar refractivity (Wildman–Crippen MR) is 73.5 cm³/mol. The van der Waals surface area contributed by atoms with Gasteiger partial charge < -0.3 is 15.5 Å². The highest BCUT2D eigenvalue weighted by Crippen LogP contribution is 2.29. The Morgan fingerprint density at radius 2 is 1.80 bits per heavy atom. The Morgan fingerprint density at radius 1 is 1.15 bits per heavy atom. The van der Waals surface area contributed by atoms with E-state index in [1.807, 2.05) is 0 Å². The van der Waals surface area contributed by atoms with E-state index in [0.717, 1.165) is 19.3 Å². The molecule has 0 radical (unpaired) electrons. The van der Waals surface area contributed by atoms with Crippen LogP contribution in [-0.4, -0.2) is 28.6 Å². The van der Waals surface area contributed by atoms with Crippen LogP contribution in [0.3, 0.4) is 0 Å². The maximum Gasteiger partial charge on any atom is 0.306 e. The summed E-state index contributed by atoms with van der Waals surface area (Å²) in [5.74, 6) is -1.25. The van der Waals surface area contributed by atoms with Gasteiger partial charge in [0.05, 0.1) is 5.92 Å². The van der Waals surface area contributed by atoms with Crippen LogP contribution in [0.4, 0.5) is 0 Å². The molecule has 2 unspecified atom stereocenters. The predicted octanol–water partition coefficient (Wildman–Crippen LogP) is 2.01. The van der Waals surface area contributed by atoms with E-state index < -0.39 is 5.97 Å². The molecule has 1 fully saturated rings. The molecule has 3 N–H and O–H groups in total. The Kier molecular flexibility index (Phi) is 4.61. The lowest BCUT2D eigenvalue weighted by molar-refractivity contribution is -0.144. The molecule has 0 spiro atoms. The normalized spacial score (nSPS) is 22.2. The monoisotopic (exact) mass is 277 g/mol. The van der Waals surface area contributed by atoms with Gasteiger partial charge in [-0.05, 0) is 43.0 Å². The number of hydrogen-bond donors (Lipinski definition) is 3. The molecule has 1 saturated carbocycles. The number of aromatic hydroxyl groups is 1. The second-order valence-electron chi connectivity index (χ2n) is 5.25. The minimum atomic E-state index is -0.770. The first-order valence-electron chi connectivity index (χ1n) is 6.88. The number of amides is 1. The molecular weight excluding hydrogens is 258 g/mol. The summed E-state index contributed by atoms with van der Waals surface area (Å²) in [7, 11) is 0. The summed E-state index contributed by atoms with van der Waals surface area (Å²) in [6.07, 6.45) is 3.49. The van der Waals surface area contributed by atoms with Gasteiger partial charge in [0.2, 0.25) is 0 Å². The number of carboxylic acids is 1. The van der Waals surface area contributed by atoms with Gasteiger partial charge in [0.15, 0.2) is 0 Å². The zero-order valence-corrected chi connectivity index (χ0v) is 11.2. The molecule has 0 saturated heterocycles. The van der Waals surface area contributed by atoms with Crippen LogP contribution in [0.5, 0.6) is 5.75 Å². The molecule has 5 nitrogen and oxygen atoms in total. The van der Waals surface area contributed by atoms with Crippen molar-refractivity contribution in [3.63, 3.8) is 0 Å². The van der Waals surface area contributed by atoms with Gasteiger partial charge in [-0.2, -0.15) is 0 Å². The number of nitrogens with one attached hydrogen (secondary N) is 1. The summed E-state index contributed by atoms with van der Waals surface area (Å²) in [5, 5.41) is 21.1. The second kappa shape index (κ2) is 6.41. The lowest BCUT2D eigenvalue weighted by atomic mass is 9.79. The maximum absolute atomic E-state index is 11.9. The highest BCUT2D eigenvalue weighted by Gasteiger charge is 2.30. The second-order valence-corrected chi connectivity index (χ2v) is 5.25. The summed E-state index contributed by atoms with van der Waals surface area (Å²) in [6, 6.07) is 5.99. The number of phenols is 1. The van der Waals surface area contributed by atoms with Crippen molar-refractivity contribution >= 4 is 11.9 Å². The molecule has 1 aromatic rings. The molecule has 0 bridgehead atoms. The lowest BCUT2D eigenvalue weighted by Gasteiger charge is -2.28. The first-order chi connectivity index (χ1) is 9.58. The van der Waals surface area contributed by atoms with Crippen LogP contribution in [0.1, 0.15) is 36.0 Å². The highest BCUT2D eigenvalue weighted by atomic mass is 16.4. The fourth-order valence-corrected chi connectivity index (χ4v) is 2.72. The molecule has 20 heavy (non-hydrogen) atoms. The first kappa shape index (κ1) is 14.4. The van der Waals surface area contributed by atoms with Gasteiger partial charge in [0.25, 0.3) is 5.91 Å². The molecular formula is C15H19NO4. The molecule has 2 atom stereocenters. The number of carboxylic acid groups (broad SMARTS) is 1. The van der Waals surface area contributed by atoms with Crippen molar-refractivity contribution < 1.29 is 19.8 Å². The lowest BCUT2D eigenvalue weighted by Crippen LogP contribution is -2.37. The molecule has 1 aliphatic rings. The summed E-state index contributed by atoms with van der Waals surface area (Å²) in [4.78, 5) is 23.1. The van der Waals surface area contributed by atoms with E-state index in [1.165, 1.54) is 12.1 Å².